The van der Waals surface area contributed by atoms with Gasteiger partial charge in [-0.2, -0.15) is 13.2 Å². The standard InChI is InChI=1S/C17H23F3N2O3.ClH/c1-12(22-15(23)16(10-21)6-8-24-9-7-16)13-2-4-14(5-3-13)25-11-17(18,19)20;/h2-5,12H,6-11,21H2,1H3,(H,22,23);1H. The number of nitrogens with two attached hydrogens (primary N) is 1. The third-order valence-corrected chi connectivity index (χ3v) is 4.45. The molecule has 1 unspecified atom stereocenters. The molecule has 1 fully saturated rings. The van der Waals surface area contributed by atoms with Gasteiger partial charge in [-0.05, 0) is 37.5 Å². The van der Waals surface area contributed by atoms with Gasteiger partial charge in [0.1, 0.15) is 5.75 Å². The quantitative estimate of drug-likeness (QED) is 0.775. The van der Waals surface area contributed by atoms with Crippen molar-refractivity contribution in [1.82, 2.24) is 5.32 Å². The minimum Gasteiger partial charge on any atom is -0.484 e. The van der Waals surface area contributed by atoms with E-state index in [9.17, 15) is 18.0 Å². The van der Waals surface area contributed by atoms with Gasteiger partial charge in [-0.3, -0.25) is 4.79 Å². The second kappa shape index (κ2) is 9.43. The summed E-state index contributed by atoms with van der Waals surface area (Å²) in [6.45, 7) is 1.74. The van der Waals surface area contributed by atoms with E-state index in [0.717, 1.165) is 5.56 Å². The van der Waals surface area contributed by atoms with E-state index in [1.54, 1.807) is 12.1 Å². The molecule has 1 aliphatic heterocycles. The van der Waals surface area contributed by atoms with Gasteiger partial charge in [0.2, 0.25) is 5.91 Å². The molecule has 0 aliphatic carbocycles. The maximum Gasteiger partial charge on any atom is 0.422 e. The molecule has 3 N–H and O–H groups in total. The number of carbonyl (C=O) groups excluding carboxylic acids is 1. The summed E-state index contributed by atoms with van der Waals surface area (Å²) in [5.74, 6) is 0.00524. The summed E-state index contributed by atoms with van der Waals surface area (Å²) in [6.07, 6.45) is -3.22. The third-order valence-electron chi connectivity index (χ3n) is 4.45. The van der Waals surface area contributed by atoms with Crippen LogP contribution in [0.1, 0.15) is 31.4 Å². The van der Waals surface area contributed by atoms with Crippen LogP contribution < -0.4 is 15.8 Å². The van der Waals surface area contributed by atoms with E-state index in [0.29, 0.717) is 26.1 Å². The van der Waals surface area contributed by atoms with Gasteiger partial charge in [-0.1, -0.05) is 12.1 Å². The number of hydrogen-bond donors (Lipinski definition) is 2. The van der Waals surface area contributed by atoms with Gasteiger partial charge in [0.25, 0.3) is 0 Å². The fourth-order valence-corrected chi connectivity index (χ4v) is 2.74. The van der Waals surface area contributed by atoms with Crippen LogP contribution >= 0.6 is 12.4 Å². The van der Waals surface area contributed by atoms with Gasteiger partial charge in [0, 0.05) is 19.8 Å². The molecule has 9 heteroatoms. The van der Waals surface area contributed by atoms with E-state index >= 15 is 0 Å². The van der Waals surface area contributed by atoms with E-state index in [1.807, 2.05) is 6.92 Å². The third kappa shape index (κ3) is 6.03. The molecule has 1 saturated heterocycles. The summed E-state index contributed by atoms with van der Waals surface area (Å²) in [5, 5.41) is 2.94. The van der Waals surface area contributed by atoms with Crippen molar-refractivity contribution >= 4 is 18.3 Å². The number of ether oxygens (including phenoxy) is 2. The molecule has 0 radical (unpaired) electrons. The predicted molar refractivity (Wildman–Crippen MR) is 93.3 cm³/mol. The molecule has 0 aromatic heterocycles. The highest BCUT2D eigenvalue weighted by Gasteiger charge is 2.39. The maximum absolute atomic E-state index is 12.6. The lowest BCUT2D eigenvalue weighted by Gasteiger charge is -2.35. The molecule has 1 aromatic carbocycles. The minimum absolute atomic E-state index is 0. The van der Waals surface area contributed by atoms with Crippen LogP contribution in [-0.2, 0) is 9.53 Å². The van der Waals surface area contributed by atoms with Gasteiger partial charge in [0.15, 0.2) is 6.61 Å². The first kappa shape index (κ1) is 22.5. The van der Waals surface area contributed by atoms with Gasteiger partial charge in [-0.25, -0.2) is 0 Å². The molecule has 1 amide bonds. The molecule has 1 heterocycles. The summed E-state index contributed by atoms with van der Waals surface area (Å²) in [6, 6.07) is 5.88. The number of carbonyl (C=O) groups is 1. The molecule has 26 heavy (non-hydrogen) atoms. The van der Waals surface area contributed by atoms with E-state index < -0.39 is 18.2 Å². The Hall–Kier alpha value is -1.51. The molecule has 0 spiro atoms. The Kier molecular flexibility index (Phi) is 8.17. The van der Waals surface area contributed by atoms with Crippen molar-refractivity contribution < 1.29 is 27.4 Å². The fourth-order valence-electron chi connectivity index (χ4n) is 2.74. The van der Waals surface area contributed by atoms with Crippen LogP contribution in [0.25, 0.3) is 0 Å². The van der Waals surface area contributed by atoms with E-state index in [2.05, 4.69) is 10.1 Å². The number of rotatable bonds is 6. The lowest BCUT2D eigenvalue weighted by Crippen LogP contribution is -2.49. The van der Waals surface area contributed by atoms with Crippen molar-refractivity contribution in [2.75, 3.05) is 26.4 Å². The van der Waals surface area contributed by atoms with Crippen molar-refractivity contribution in [2.45, 2.75) is 32.0 Å². The lowest BCUT2D eigenvalue weighted by atomic mass is 9.79. The summed E-state index contributed by atoms with van der Waals surface area (Å²) in [7, 11) is 0. The molecule has 148 valence electrons. The molecule has 1 aromatic rings. The zero-order valence-electron chi connectivity index (χ0n) is 14.5. The van der Waals surface area contributed by atoms with Crippen LogP contribution in [0.15, 0.2) is 24.3 Å². The molecule has 0 saturated carbocycles. The second-order valence-electron chi connectivity index (χ2n) is 6.26. The number of halogens is 4. The molecular formula is C17H24ClF3N2O3. The molecule has 2 rings (SSSR count). The van der Waals surface area contributed by atoms with Crippen molar-refractivity contribution in [3.05, 3.63) is 29.8 Å². The highest BCUT2D eigenvalue weighted by atomic mass is 35.5. The van der Waals surface area contributed by atoms with Crippen molar-refractivity contribution in [2.24, 2.45) is 11.1 Å². The summed E-state index contributed by atoms with van der Waals surface area (Å²) in [5.41, 5.74) is 5.96. The van der Waals surface area contributed by atoms with Crippen LogP contribution in [0.4, 0.5) is 13.2 Å². The lowest BCUT2D eigenvalue weighted by molar-refractivity contribution is -0.153. The van der Waals surface area contributed by atoms with Crippen LogP contribution in [0, 0.1) is 5.41 Å². The first-order chi connectivity index (χ1) is 11.8. The molecule has 1 atom stereocenters. The minimum atomic E-state index is -4.37. The number of amides is 1. The van der Waals surface area contributed by atoms with E-state index in [4.69, 9.17) is 10.5 Å². The summed E-state index contributed by atoms with van der Waals surface area (Å²) < 4.78 is 46.4. The molecular weight excluding hydrogens is 373 g/mol. The molecule has 5 nitrogen and oxygen atoms in total. The van der Waals surface area contributed by atoms with Gasteiger partial charge < -0.3 is 20.5 Å². The average Bonchev–Trinajstić information content (AvgIpc) is 2.60. The second-order valence-corrected chi connectivity index (χ2v) is 6.26. The monoisotopic (exact) mass is 396 g/mol. The van der Waals surface area contributed by atoms with E-state index in [-0.39, 0.29) is 36.7 Å². The van der Waals surface area contributed by atoms with E-state index in [1.165, 1.54) is 12.1 Å². The Morgan fingerprint density at radius 1 is 1.31 bits per heavy atom. The Labute approximate surface area is 156 Å². The summed E-state index contributed by atoms with van der Waals surface area (Å²) in [4.78, 5) is 12.6. The zero-order chi connectivity index (χ0) is 18.5. The first-order valence-corrected chi connectivity index (χ1v) is 8.14. The van der Waals surface area contributed by atoms with Crippen molar-refractivity contribution in [3.8, 4) is 5.75 Å². The number of nitrogens with one attached hydrogen (secondary N) is 1. The highest BCUT2D eigenvalue weighted by Crippen LogP contribution is 2.30. The van der Waals surface area contributed by atoms with Gasteiger partial charge in [-0.15, -0.1) is 12.4 Å². The molecule has 1 aliphatic rings. The average molecular weight is 397 g/mol. The Balaban J connectivity index is 0.00000338. The Morgan fingerprint density at radius 3 is 2.38 bits per heavy atom. The summed E-state index contributed by atoms with van der Waals surface area (Å²) >= 11 is 0. The fraction of sp³-hybridized carbons (Fsp3) is 0.588. The van der Waals surface area contributed by atoms with Crippen LogP contribution in [0.2, 0.25) is 0 Å². The Bertz CT molecular complexity index is 576. The normalized spacial score (nSPS) is 17.7. The zero-order valence-corrected chi connectivity index (χ0v) is 15.3. The highest BCUT2D eigenvalue weighted by molar-refractivity contribution is 5.85. The van der Waals surface area contributed by atoms with Gasteiger partial charge >= 0.3 is 6.18 Å². The SMILES string of the molecule is CC(NC(=O)C1(CN)CCOCC1)c1ccc(OCC(F)(F)F)cc1.Cl. The largest absolute Gasteiger partial charge is 0.484 e. The topological polar surface area (TPSA) is 73.6 Å². The predicted octanol–water partition coefficient (Wildman–Crippen LogP) is 2.98. The number of alkyl halides is 3. The van der Waals surface area contributed by atoms with Crippen LogP contribution in [0.3, 0.4) is 0 Å². The smallest absolute Gasteiger partial charge is 0.422 e. The van der Waals surface area contributed by atoms with Crippen LogP contribution in [-0.4, -0.2) is 38.4 Å². The van der Waals surface area contributed by atoms with Crippen LogP contribution in [0.5, 0.6) is 5.75 Å². The van der Waals surface area contributed by atoms with Crippen molar-refractivity contribution in [3.63, 3.8) is 0 Å². The maximum atomic E-state index is 12.6. The first-order valence-electron chi connectivity index (χ1n) is 8.14. The van der Waals surface area contributed by atoms with Crippen molar-refractivity contribution in [1.29, 1.82) is 0 Å². The number of benzene rings is 1. The van der Waals surface area contributed by atoms with Gasteiger partial charge in [0.05, 0.1) is 11.5 Å². The Morgan fingerprint density at radius 2 is 1.88 bits per heavy atom. The molecule has 0 bridgehead atoms. The number of hydrogen-bond acceptors (Lipinski definition) is 4.